The summed E-state index contributed by atoms with van der Waals surface area (Å²) in [4.78, 5) is -0.0730. The van der Waals surface area contributed by atoms with Crippen molar-refractivity contribution in [3.63, 3.8) is 0 Å². The highest BCUT2D eigenvalue weighted by molar-refractivity contribution is 7.85. The van der Waals surface area contributed by atoms with Crippen molar-refractivity contribution in [1.82, 2.24) is 0 Å². The summed E-state index contributed by atoms with van der Waals surface area (Å²) in [7, 11) is -4.09. The van der Waals surface area contributed by atoms with Gasteiger partial charge in [-0.3, -0.25) is 4.55 Å². The van der Waals surface area contributed by atoms with Gasteiger partial charge in [0, 0.05) is 0 Å². The van der Waals surface area contributed by atoms with Gasteiger partial charge in [-0.25, -0.2) is 0 Å². The number of quaternary nitrogens is 1. The Bertz CT molecular complexity index is 811. The van der Waals surface area contributed by atoms with Crippen LogP contribution in [-0.2, 0) is 10.1 Å². The molecule has 0 saturated heterocycles. The van der Waals surface area contributed by atoms with Crippen LogP contribution in [0.2, 0.25) is 0 Å². The predicted molar refractivity (Wildman–Crippen MR) is 133 cm³/mol. The molecular weight excluding hydrogens is 406 g/mol. The summed E-state index contributed by atoms with van der Waals surface area (Å²) in [5, 5.41) is 1.74. The summed E-state index contributed by atoms with van der Waals surface area (Å²) in [6.07, 6.45) is 11.1. The van der Waals surface area contributed by atoms with E-state index in [1.807, 2.05) is 18.2 Å². The Balaban J connectivity index is 0.000000314. The van der Waals surface area contributed by atoms with Gasteiger partial charge in [-0.15, -0.1) is 0 Å². The normalized spacial score (nSPS) is 11.9. The highest BCUT2D eigenvalue weighted by atomic mass is 32.2. The van der Waals surface area contributed by atoms with Gasteiger partial charge in [0.05, 0.1) is 31.1 Å². The summed E-state index contributed by atoms with van der Waals surface area (Å²) >= 11 is 0. The van der Waals surface area contributed by atoms with E-state index < -0.39 is 10.1 Å². The fourth-order valence-corrected chi connectivity index (χ4v) is 4.49. The van der Waals surface area contributed by atoms with Gasteiger partial charge in [-0.1, -0.05) is 83.7 Å². The van der Waals surface area contributed by atoms with Crippen molar-refractivity contribution >= 4 is 20.9 Å². The van der Waals surface area contributed by atoms with Crippen LogP contribution >= 0.6 is 0 Å². The van der Waals surface area contributed by atoms with Crippen LogP contribution in [-0.4, -0.2) is 43.6 Å². The van der Waals surface area contributed by atoms with Crippen molar-refractivity contribution in [3.8, 4) is 0 Å². The minimum Gasteiger partial charge on any atom is -0.324 e. The lowest BCUT2D eigenvalue weighted by atomic mass is 10.1. The van der Waals surface area contributed by atoms with Crippen LogP contribution in [0.5, 0.6) is 0 Å². The van der Waals surface area contributed by atoms with Crippen LogP contribution in [0.3, 0.4) is 0 Å². The standard InChI is InChI=1S/C16H36N.C10H8O3S/c1-5-9-13-17(14-10-6-2,15-11-7-3)16-12-8-4;11-14(12,13)10-6-5-8-3-1-2-4-9(8)7-10/h5-16H2,1-4H3;1-7H,(H,11,12,13)/q+1;. The Morgan fingerprint density at radius 3 is 1.48 bits per heavy atom. The largest absolute Gasteiger partial charge is 0.324 e. The van der Waals surface area contributed by atoms with Gasteiger partial charge < -0.3 is 4.48 Å². The molecule has 0 aliphatic carbocycles. The van der Waals surface area contributed by atoms with Crippen LogP contribution in [0.4, 0.5) is 0 Å². The van der Waals surface area contributed by atoms with Crippen molar-refractivity contribution in [2.45, 2.75) is 84.0 Å². The van der Waals surface area contributed by atoms with Gasteiger partial charge in [0.1, 0.15) is 0 Å². The minimum absolute atomic E-state index is 0.0730. The Kier molecular flexibility index (Phi) is 13.0. The molecule has 5 heteroatoms. The fraction of sp³-hybridized carbons (Fsp3) is 0.615. The molecule has 0 spiro atoms. The van der Waals surface area contributed by atoms with Gasteiger partial charge in [-0.2, -0.15) is 8.42 Å². The van der Waals surface area contributed by atoms with E-state index >= 15 is 0 Å². The van der Waals surface area contributed by atoms with Crippen LogP contribution in [0.15, 0.2) is 47.4 Å². The summed E-state index contributed by atoms with van der Waals surface area (Å²) in [6, 6.07) is 11.9. The molecule has 0 atom stereocenters. The smallest absolute Gasteiger partial charge is 0.294 e. The van der Waals surface area contributed by atoms with E-state index in [1.165, 1.54) is 94.2 Å². The second kappa shape index (κ2) is 14.6. The number of fused-ring (bicyclic) bond motifs is 1. The molecule has 0 aliphatic rings. The molecule has 0 amide bonds. The first-order chi connectivity index (χ1) is 14.8. The lowest BCUT2D eigenvalue weighted by molar-refractivity contribution is -0.929. The van der Waals surface area contributed by atoms with E-state index in [2.05, 4.69) is 27.7 Å². The molecule has 0 heterocycles. The third kappa shape index (κ3) is 10.2. The molecule has 2 rings (SSSR count). The van der Waals surface area contributed by atoms with Gasteiger partial charge in [0.25, 0.3) is 10.1 Å². The molecule has 0 bridgehead atoms. The van der Waals surface area contributed by atoms with E-state index in [9.17, 15) is 8.42 Å². The Morgan fingerprint density at radius 2 is 1.10 bits per heavy atom. The molecule has 0 aliphatic heterocycles. The molecule has 2 aromatic carbocycles. The molecule has 4 nitrogen and oxygen atoms in total. The molecule has 0 fully saturated rings. The first-order valence-electron chi connectivity index (χ1n) is 12.1. The third-order valence-corrected chi connectivity index (χ3v) is 6.81. The van der Waals surface area contributed by atoms with Crippen LogP contribution in [0.25, 0.3) is 10.8 Å². The topological polar surface area (TPSA) is 54.4 Å². The summed E-state index contributed by atoms with van der Waals surface area (Å²) < 4.78 is 31.9. The first kappa shape index (κ1) is 27.6. The molecule has 0 unspecified atom stereocenters. The monoisotopic (exact) mass is 450 g/mol. The second-order valence-corrected chi connectivity index (χ2v) is 10.1. The molecule has 0 aromatic heterocycles. The van der Waals surface area contributed by atoms with Crippen molar-refractivity contribution in [3.05, 3.63) is 42.5 Å². The van der Waals surface area contributed by atoms with E-state index in [0.29, 0.717) is 0 Å². The lowest BCUT2D eigenvalue weighted by Crippen LogP contribution is -2.50. The molecule has 176 valence electrons. The van der Waals surface area contributed by atoms with Crippen molar-refractivity contribution in [2.24, 2.45) is 0 Å². The summed E-state index contributed by atoms with van der Waals surface area (Å²) in [5.41, 5.74) is 0. The first-order valence-corrected chi connectivity index (χ1v) is 13.6. The van der Waals surface area contributed by atoms with Crippen molar-refractivity contribution < 1.29 is 17.5 Å². The maximum Gasteiger partial charge on any atom is 0.294 e. The lowest BCUT2D eigenvalue weighted by Gasteiger charge is -2.39. The average molecular weight is 451 g/mol. The molecule has 0 radical (unpaired) electrons. The van der Waals surface area contributed by atoms with E-state index in [4.69, 9.17) is 4.55 Å². The number of benzene rings is 2. The summed E-state index contributed by atoms with van der Waals surface area (Å²) in [5.74, 6) is 0. The molecule has 0 saturated carbocycles. The van der Waals surface area contributed by atoms with E-state index in [0.717, 1.165) is 10.8 Å². The maximum atomic E-state index is 10.8. The van der Waals surface area contributed by atoms with Crippen molar-refractivity contribution in [2.75, 3.05) is 26.2 Å². The number of nitrogens with zero attached hydrogens (tertiary/aromatic N) is 1. The fourth-order valence-electron chi connectivity index (χ4n) is 3.97. The average Bonchev–Trinajstić information content (AvgIpc) is 2.77. The Morgan fingerprint density at radius 1 is 0.677 bits per heavy atom. The van der Waals surface area contributed by atoms with Gasteiger partial charge in [0.15, 0.2) is 0 Å². The number of rotatable bonds is 13. The van der Waals surface area contributed by atoms with E-state index in [1.54, 1.807) is 12.1 Å². The zero-order valence-corrected chi connectivity index (χ0v) is 21.0. The maximum absolute atomic E-state index is 10.8. The zero-order chi connectivity index (χ0) is 23.2. The summed E-state index contributed by atoms with van der Waals surface area (Å²) in [6.45, 7) is 15.0. The second-order valence-electron chi connectivity index (χ2n) is 8.63. The van der Waals surface area contributed by atoms with Crippen molar-refractivity contribution in [1.29, 1.82) is 0 Å². The van der Waals surface area contributed by atoms with Gasteiger partial charge in [-0.05, 0) is 48.6 Å². The number of unbranched alkanes of at least 4 members (excludes halogenated alkanes) is 4. The third-order valence-electron chi connectivity index (χ3n) is 5.96. The van der Waals surface area contributed by atoms with Gasteiger partial charge in [0.2, 0.25) is 0 Å². The number of hydrogen-bond acceptors (Lipinski definition) is 2. The SMILES string of the molecule is CCCC[N+](CCCC)(CCCC)CCCC.O=S(=O)(O)c1ccc2ccccc2c1. The molecule has 2 aromatic rings. The number of hydrogen-bond donors (Lipinski definition) is 1. The molecular formula is C26H44NO3S+. The Labute approximate surface area is 191 Å². The van der Waals surface area contributed by atoms with Crippen LogP contribution in [0.1, 0.15) is 79.1 Å². The van der Waals surface area contributed by atoms with Crippen LogP contribution in [0, 0.1) is 0 Å². The van der Waals surface area contributed by atoms with E-state index in [-0.39, 0.29) is 4.90 Å². The highest BCUT2D eigenvalue weighted by Crippen LogP contribution is 2.18. The van der Waals surface area contributed by atoms with Gasteiger partial charge >= 0.3 is 0 Å². The Hall–Kier alpha value is -1.43. The minimum atomic E-state index is -4.09. The van der Waals surface area contributed by atoms with Crippen LogP contribution < -0.4 is 0 Å². The molecule has 31 heavy (non-hydrogen) atoms. The molecule has 1 N–H and O–H groups in total. The predicted octanol–water partition coefficient (Wildman–Crippen LogP) is 7.09. The quantitative estimate of drug-likeness (QED) is 0.262. The zero-order valence-electron chi connectivity index (χ0n) is 20.1. The highest BCUT2D eigenvalue weighted by Gasteiger charge is 2.24.